The van der Waals surface area contributed by atoms with Crippen molar-refractivity contribution in [1.82, 2.24) is 9.69 Å². The Morgan fingerprint density at radius 3 is 2.56 bits per heavy atom. The molecule has 39 heavy (non-hydrogen) atoms. The number of nitrogens with zero attached hydrogens (tertiary/aromatic N) is 2. The van der Waals surface area contributed by atoms with Gasteiger partial charge in [0.15, 0.2) is 5.69 Å². The van der Waals surface area contributed by atoms with Crippen molar-refractivity contribution in [3.8, 4) is 5.75 Å². The summed E-state index contributed by atoms with van der Waals surface area (Å²) in [6.45, 7) is 7.11. The van der Waals surface area contributed by atoms with Gasteiger partial charge in [-0.25, -0.2) is 0 Å². The van der Waals surface area contributed by atoms with Gasteiger partial charge in [0.25, 0.3) is 11.8 Å². The van der Waals surface area contributed by atoms with Gasteiger partial charge in [0.2, 0.25) is 5.91 Å². The van der Waals surface area contributed by atoms with E-state index in [4.69, 9.17) is 20.9 Å². The van der Waals surface area contributed by atoms with Gasteiger partial charge in [-0.2, -0.15) is 4.37 Å². The summed E-state index contributed by atoms with van der Waals surface area (Å²) in [4.78, 5) is 41.5. The first-order valence-electron chi connectivity index (χ1n) is 12.8. The molecular formula is C28H33N5O5S. The van der Waals surface area contributed by atoms with Gasteiger partial charge < -0.3 is 26.3 Å². The first-order valence-corrected chi connectivity index (χ1v) is 13.6. The van der Waals surface area contributed by atoms with E-state index in [0.29, 0.717) is 36.8 Å². The monoisotopic (exact) mass is 551 g/mol. The molecule has 1 aromatic heterocycles. The first kappa shape index (κ1) is 28.1. The van der Waals surface area contributed by atoms with Crippen LogP contribution in [0.4, 0.5) is 11.4 Å². The summed E-state index contributed by atoms with van der Waals surface area (Å²) in [5, 5.41) is 2.98. The average Bonchev–Trinajstić information content (AvgIpc) is 3.57. The molecule has 0 bridgehead atoms. The highest BCUT2D eigenvalue weighted by Crippen LogP contribution is 2.36. The van der Waals surface area contributed by atoms with Gasteiger partial charge >= 0.3 is 0 Å². The van der Waals surface area contributed by atoms with Crippen molar-refractivity contribution in [3.05, 3.63) is 69.7 Å². The minimum absolute atomic E-state index is 0.0209. The summed E-state index contributed by atoms with van der Waals surface area (Å²) in [5.41, 5.74) is 14.0. The summed E-state index contributed by atoms with van der Waals surface area (Å²) >= 11 is 0.774. The second-order valence-corrected chi connectivity index (χ2v) is 10.2. The molecular weight excluding hydrogens is 518 g/mol. The van der Waals surface area contributed by atoms with Crippen LogP contribution in [0.5, 0.6) is 5.75 Å². The predicted octanol–water partition coefficient (Wildman–Crippen LogP) is 3.52. The lowest BCUT2D eigenvalue weighted by Crippen LogP contribution is -2.46. The highest BCUT2D eigenvalue weighted by Gasteiger charge is 2.37. The number of hydrogen-bond donors (Lipinski definition) is 3. The van der Waals surface area contributed by atoms with Gasteiger partial charge in [0.1, 0.15) is 16.7 Å². The van der Waals surface area contributed by atoms with Crippen LogP contribution in [0.1, 0.15) is 62.7 Å². The van der Waals surface area contributed by atoms with Gasteiger partial charge in [-0.1, -0.05) is 24.3 Å². The third-order valence-corrected chi connectivity index (χ3v) is 7.39. The molecule has 0 radical (unpaired) electrons. The Morgan fingerprint density at radius 2 is 1.95 bits per heavy atom. The molecule has 1 aliphatic heterocycles. The van der Waals surface area contributed by atoms with Crippen LogP contribution in [0.3, 0.4) is 0 Å². The number of rotatable bonds is 10. The van der Waals surface area contributed by atoms with E-state index in [1.807, 2.05) is 39.0 Å². The summed E-state index contributed by atoms with van der Waals surface area (Å²) in [6, 6.07) is 11.6. The number of carbonyl (C=O) groups excluding carboxylic acids is 3. The van der Waals surface area contributed by atoms with E-state index in [2.05, 4.69) is 9.69 Å². The number of nitrogens with two attached hydrogens (primary N) is 2. The number of hydrogen-bond acceptors (Lipinski definition) is 8. The smallest absolute Gasteiger partial charge is 0.273 e. The molecule has 0 aliphatic carbocycles. The van der Waals surface area contributed by atoms with Crippen LogP contribution >= 0.6 is 11.5 Å². The molecule has 0 spiro atoms. The topological polar surface area (TPSA) is 150 Å². The Kier molecular flexibility index (Phi) is 8.82. The average molecular weight is 552 g/mol. The minimum Gasteiger partial charge on any atom is -0.494 e. The largest absolute Gasteiger partial charge is 0.494 e. The van der Waals surface area contributed by atoms with Crippen LogP contribution in [0, 0.1) is 13.8 Å². The molecule has 5 N–H and O–H groups in total. The lowest BCUT2D eigenvalue weighted by Gasteiger charge is -2.33. The normalized spacial score (nSPS) is 15.5. The van der Waals surface area contributed by atoms with E-state index < -0.39 is 17.9 Å². The quantitative estimate of drug-likeness (QED) is 0.349. The number of benzene rings is 2. The summed E-state index contributed by atoms with van der Waals surface area (Å²) < 4.78 is 15.3. The molecule has 2 unspecified atom stereocenters. The van der Waals surface area contributed by atoms with Crippen molar-refractivity contribution in [2.75, 3.05) is 30.4 Å². The van der Waals surface area contributed by atoms with Gasteiger partial charge in [-0.3, -0.25) is 19.3 Å². The van der Waals surface area contributed by atoms with Crippen molar-refractivity contribution in [2.24, 2.45) is 5.73 Å². The zero-order valence-corrected chi connectivity index (χ0v) is 23.0. The Balaban J connectivity index is 1.84. The number of aryl methyl sites for hydroxylation is 2. The Hall–Kier alpha value is -3.96. The van der Waals surface area contributed by atoms with Gasteiger partial charge in [-0.05, 0) is 80.0 Å². The third-order valence-electron chi connectivity index (χ3n) is 6.54. The van der Waals surface area contributed by atoms with Crippen molar-refractivity contribution >= 4 is 40.6 Å². The summed E-state index contributed by atoms with van der Waals surface area (Å²) in [7, 11) is 0. The van der Waals surface area contributed by atoms with Crippen molar-refractivity contribution < 1.29 is 23.9 Å². The minimum atomic E-state index is -1.08. The van der Waals surface area contributed by atoms with Crippen molar-refractivity contribution in [2.45, 2.75) is 45.8 Å². The van der Waals surface area contributed by atoms with Crippen LogP contribution < -0.4 is 26.4 Å². The zero-order valence-electron chi connectivity index (χ0n) is 22.2. The van der Waals surface area contributed by atoms with Gasteiger partial charge in [-0.15, -0.1) is 0 Å². The van der Waals surface area contributed by atoms with E-state index >= 15 is 0 Å². The fourth-order valence-electron chi connectivity index (χ4n) is 4.53. The number of aromatic nitrogens is 1. The third kappa shape index (κ3) is 6.21. The van der Waals surface area contributed by atoms with Crippen LogP contribution in [0.2, 0.25) is 0 Å². The molecule has 2 aromatic carbocycles. The maximum atomic E-state index is 14.2. The number of amides is 3. The molecule has 1 saturated heterocycles. The highest BCUT2D eigenvalue weighted by molar-refractivity contribution is 7.09. The first-order chi connectivity index (χ1) is 18.7. The molecule has 3 aromatic rings. The fraction of sp³-hybridized carbons (Fsp3) is 0.357. The molecule has 0 saturated carbocycles. The number of anilines is 2. The van der Waals surface area contributed by atoms with Crippen LogP contribution in [-0.4, -0.2) is 48.0 Å². The summed E-state index contributed by atoms with van der Waals surface area (Å²) in [6.07, 6.45) is 1.69. The SMILES string of the molecule is CCOc1ccc(C(C(=O)NCC2CCCO2)N(C(=O)c2snc(C(N)=O)c2N)c2cc(C)ccc2C)cc1. The van der Waals surface area contributed by atoms with Crippen molar-refractivity contribution in [1.29, 1.82) is 0 Å². The molecule has 2 atom stereocenters. The lowest BCUT2D eigenvalue weighted by atomic mass is 10.00. The number of ether oxygens (including phenoxy) is 2. The molecule has 4 rings (SSSR count). The summed E-state index contributed by atoms with van der Waals surface area (Å²) in [5.74, 6) is -1.15. The van der Waals surface area contributed by atoms with E-state index in [9.17, 15) is 14.4 Å². The zero-order chi connectivity index (χ0) is 28.1. The lowest BCUT2D eigenvalue weighted by molar-refractivity contribution is -0.123. The molecule has 1 fully saturated rings. The van der Waals surface area contributed by atoms with E-state index in [1.165, 1.54) is 4.90 Å². The van der Waals surface area contributed by atoms with Gasteiger partial charge in [0.05, 0.1) is 18.4 Å². The Morgan fingerprint density at radius 1 is 1.21 bits per heavy atom. The van der Waals surface area contributed by atoms with Gasteiger partial charge in [0, 0.05) is 18.8 Å². The maximum Gasteiger partial charge on any atom is 0.273 e. The van der Waals surface area contributed by atoms with Crippen molar-refractivity contribution in [3.63, 3.8) is 0 Å². The standard InChI is InChI=1S/C28H33N5O5S/c1-4-37-19-11-9-18(10-12-19)24(27(35)31-15-20-6-5-13-38-20)33(21-14-16(2)7-8-17(21)3)28(36)25-22(29)23(26(30)34)32-39-25/h7-12,14,20,24H,4-6,13,15,29H2,1-3H3,(H2,30,34)(H,31,35). The van der Waals surface area contributed by atoms with Crippen LogP contribution in [0.15, 0.2) is 42.5 Å². The number of carbonyl (C=O) groups is 3. The molecule has 11 heteroatoms. The highest BCUT2D eigenvalue weighted by atomic mass is 32.1. The van der Waals surface area contributed by atoms with E-state index in [1.54, 1.807) is 24.3 Å². The van der Waals surface area contributed by atoms with Crippen LogP contribution in [-0.2, 0) is 9.53 Å². The molecule has 2 heterocycles. The number of nitrogen functional groups attached to an aromatic ring is 1. The molecule has 1 aliphatic rings. The molecule has 10 nitrogen and oxygen atoms in total. The van der Waals surface area contributed by atoms with E-state index in [-0.39, 0.29) is 28.3 Å². The Labute approximate surface area is 231 Å². The fourth-order valence-corrected chi connectivity index (χ4v) is 5.27. The maximum absolute atomic E-state index is 14.2. The van der Waals surface area contributed by atoms with E-state index in [0.717, 1.165) is 35.5 Å². The predicted molar refractivity (Wildman–Crippen MR) is 150 cm³/mol. The Bertz CT molecular complexity index is 1350. The van der Waals surface area contributed by atoms with Crippen LogP contribution in [0.25, 0.3) is 0 Å². The number of nitrogens with one attached hydrogen (secondary N) is 1. The second-order valence-electron chi connectivity index (χ2n) is 9.39. The number of primary amides is 1. The second kappa shape index (κ2) is 12.3. The molecule has 3 amide bonds. The molecule has 206 valence electrons.